The molecule has 1 heterocycles. The second-order valence-corrected chi connectivity index (χ2v) is 6.50. The van der Waals surface area contributed by atoms with E-state index in [0.29, 0.717) is 22.7 Å². The summed E-state index contributed by atoms with van der Waals surface area (Å²) >= 11 is 0. The van der Waals surface area contributed by atoms with E-state index in [-0.39, 0.29) is 5.57 Å². The molecule has 150 valence electrons. The third kappa shape index (κ3) is 4.73. The van der Waals surface area contributed by atoms with E-state index in [9.17, 15) is 14.4 Å². The standard InChI is InChI=1S/C21H19NO7/c1-21(2)28-19(24)16(20(25)29-21)12-22-13-8-10-14(11-9-13)27-17-7-5-4-6-15(17)18(23)26-3/h4-12,22H,1-3H3. The summed E-state index contributed by atoms with van der Waals surface area (Å²) in [6.45, 7) is 2.95. The van der Waals surface area contributed by atoms with Gasteiger partial charge in [0.2, 0.25) is 0 Å². The normalized spacial score (nSPS) is 15.1. The van der Waals surface area contributed by atoms with E-state index < -0.39 is 23.7 Å². The number of nitrogens with one attached hydrogen (secondary N) is 1. The molecule has 0 aromatic heterocycles. The van der Waals surface area contributed by atoms with E-state index in [0.717, 1.165) is 0 Å². The van der Waals surface area contributed by atoms with Gasteiger partial charge in [0, 0.05) is 25.7 Å². The summed E-state index contributed by atoms with van der Waals surface area (Å²) in [6, 6.07) is 13.4. The lowest BCUT2D eigenvalue weighted by Crippen LogP contribution is -2.42. The highest BCUT2D eigenvalue weighted by Gasteiger charge is 2.38. The Morgan fingerprint density at radius 3 is 2.24 bits per heavy atom. The van der Waals surface area contributed by atoms with Gasteiger partial charge in [0.05, 0.1) is 7.11 Å². The quantitative estimate of drug-likeness (QED) is 0.466. The van der Waals surface area contributed by atoms with Crippen LogP contribution in [0.3, 0.4) is 0 Å². The molecule has 8 heteroatoms. The minimum absolute atomic E-state index is 0.239. The van der Waals surface area contributed by atoms with Crippen molar-refractivity contribution < 1.29 is 33.3 Å². The maximum Gasteiger partial charge on any atom is 0.350 e. The van der Waals surface area contributed by atoms with Gasteiger partial charge in [0.1, 0.15) is 17.1 Å². The SMILES string of the molecule is COC(=O)c1ccccc1Oc1ccc(NC=C2C(=O)OC(C)(C)OC2=O)cc1. The lowest BCUT2D eigenvalue weighted by molar-refractivity contribution is -0.222. The molecule has 8 nitrogen and oxygen atoms in total. The smallest absolute Gasteiger partial charge is 0.350 e. The monoisotopic (exact) mass is 397 g/mol. The van der Waals surface area contributed by atoms with Gasteiger partial charge in [0.25, 0.3) is 5.79 Å². The fourth-order valence-corrected chi connectivity index (χ4v) is 2.51. The molecule has 29 heavy (non-hydrogen) atoms. The number of methoxy groups -OCH3 is 1. The summed E-state index contributed by atoms with van der Waals surface area (Å²) in [7, 11) is 1.30. The van der Waals surface area contributed by atoms with E-state index in [1.807, 2.05) is 0 Å². The van der Waals surface area contributed by atoms with Gasteiger partial charge in [-0.05, 0) is 36.4 Å². The molecular weight excluding hydrogens is 378 g/mol. The Balaban J connectivity index is 1.70. The number of esters is 3. The minimum Gasteiger partial charge on any atom is -0.465 e. The van der Waals surface area contributed by atoms with Crippen LogP contribution in [0.15, 0.2) is 60.3 Å². The fraction of sp³-hybridized carbons (Fsp3) is 0.190. The fourth-order valence-electron chi connectivity index (χ4n) is 2.51. The van der Waals surface area contributed by atoms with E-state index >= 15 is 0 Å². The van der Waals surface area contributed by atoms with Crippen molar-refractivity contribution in [2.45, 2.75) is 19.6 Å². The molecule has 1 N–H and O–H groups in total. The molecule has 0 bridgehead atoms. The largest absolute Gasteiger partial charge is 0.465 e. The van der Waals surface area contributed by atoms with E-state index in [1.165, 1.54) is 27.2 Å². The molecule has 0 aliphatic carbocycles. The molecule has 1 aliphatic rings. The van der Waals surface area contributed by atoms with E-state index in [4.69, 9.17) is 18.9 Å². The summed E-state index contributed by atoms with van der Waals surface area (Å²) in [4.78, 5) is 35.7. The van der Waals surface area contributed by atoms with Gasteiger partial charge in [0.15, 0.2) is 5.57 Å². The number of benzene rings is 2. The first-order valence-corrected chi connectivity index (χ1v) is 8.68. The zero-order valence-electron chi connectivity index (χ0n) is 16.1. The topological polar surface area (TPSA) is 100 Å². The van der Waals surface area contributed by atoms with Crippen molar-refractivity contribution in [2.24, 2.45) is 0 Å². The van der Waals surface area contributed by atoms with Crippen molar-refractivity contribution in [1.82, 2.24) is 0 Å². The van der Waals surface area contributed by atoms with Crippen LogP contribution in [0.2, 0.25) is 0 Å². The Hall–Kier alpha value is -3.81. The highest BCUT2D eigenvalue weighted by atomic mass is 16.7. The van der Waals surface area contributed by atoms with Gasteiger partial charge in [-0.1, -0.05) is 12.1 Å². The Bertz CT molecular complexity index is 955. The predicted octanol–water partition coefficient (Wildman–Crippen LogP) is 3.40. The zero-order chi connectivity index (χ0) is 21.0. The lowest BCUT2D eigenvalue weighted by atomic mass is 10.2. The molecule has 2 aromatic rings. The predicted molar refractivity (Wildman–Crippen MR) is 102 cm³/mol. The second-order valence-electron chi connectivity index (χ2n) is 6.50. The number of anilines is 1. The summed E-state index contributed by atoms with van der Waals surface area (Å²) in [6.07, 6.45) is 1.22. The van der Waals surface area contributed by atoms with Gasteiger partial charge < -0.3 is 24.3 Å². The van der Waals surface area contributed by atoms with Crippen molar-refractivity contribution >= 4 is 23.6 Å². The van der Waals surface area contributed by atoms with Crippen molar-refractivity contribution in [1.29, 1.82) is 0 Å². The number of hydrogen-bond donors (Lipinski definition) is 1. The van der Waals surface area contributed by atoms with Crippen LogP contribution in [0.25, 0.3) is 0 Å². The number of ether oxygens (including phenoxy) is 4. The van der Waals surface area contributed by atoms with Gasteiger partial charge in [-0.3, -0.25) is 0 Å². The summed E-state index contributed by atoms with van der Waals surface area (Å²) in [5.74, 6) is -2.48. The van der Waals surface area contributed by atoms with Gasteiger partial charge >= 0.3 is 17.9 Å². The zero-order valence-corrected chi connectivity index (χ0v) is 16.1. The molecule has 1 fully saturated rings. The number of para-hydroxylation sites is 1. The van der Waals surface area contributed by atoms with E-state index in [1.54, 1.807) is 48.5 Å². The number of carbonyl (C=O) groups is 3. The Labute approximate surface area is 167 Å². The van der Waals surface area contributed by atoms with Crippen LogP contribution in [0.4, 0.5) is 5.69 Å². The maximum absolute atomic E-state index is 11.9. The van der Waals surface area contributed by atoms with E-state index in [2.05, 4.69) is 5.32 Å². The molecular formula is C21H19NO7. The highest BCUT2D eigenvalue weighted by molar-refractivity contribution is 6.15. The molecule has 0 unspecified atom stereocenters. The lowest BCUT2D eigenvalue weighted by Gasteiger charge is -2.29. The van der Waals surface area contributed by atoms with Gasteiger partial charge in [-0.15, -0.1) is 0 Å². The highest BCUT2D eigenvalue weighted by Crippen LogP contribution is 2.27. The van der Waals surface area contributed by atoms with Crippen LogP contribution in [-0.2, 0) is 23.8 Å². The van der Waals surface area contributed by atoms with Crippen LogP contribution in [0.5, 0.6) is 11.5 Å². The van der Waals surface area contributed by atoms with Crippen molar-refractivity contribution in [3.63, 3.8) is 0 Å². The van der Waals surface area contributed by atoms with Crippen molar-refractivity contribution in [3.8, 4) is 11.5 Å². The number of carbonyl (C=O) groups excluding carboxylic acids is 3. The summed E-state index contributed by atoms with van der Waals surface area (Å²) < 4.78 is 20.5. The van der Waals surface area contributed by atoms with Crippen LogP contribution in [0, 0.1) is 0 Å². The molecule has 3 rings (SSSR count). The molecule has 1 aliphatic heterocycles. The average molecular weight is 397 g/mol. The summed E-state index contributed by atoms with van der Waals surface area (Å²) in [5.41, 5.74) is 0.660. The Morgan fingerprint density at radius 1 is 1.00 bits per heavy atom. The van der Waals surface area contributed by atoms with Gasteiger partial charge in [-0.2, -0.15) is 0 Å². The molecule has 0 atom stereocenters. The first kappa shape index (κ1) is 19.9. The Kier molecular flexibility index (Phi) is 5.54. The first-order chi connectivity index (χ1) is 13.8. The minimum atomic E-state index is -1.29. The van der Waals surface area contributed by atoms with Crippen LogP contribution < -0.4 is 10.1 Å². The maximum atomic E-state index is 11.9. The van der Waals surface area contributed by atoms with Crippen LogP contribution >= 0.6 is 0 Å². The third-order valence-corrected chi connectivity index (χ3v) is 3.87. The molecule has 0 radical (unpaired) electrons. The molecule has 2 aromatic carbocycles. The molecule has 0 spiro atoms. The van der Waals surface area contributed by atoms with Crippen LogP contribution in [0.1, 0.15) is 24.2 Å². The average Bonchev–Trinajstić information content (AvgIpc) is 2.67. The van der Waals surface area contributed by atoms with Crippen LogP contribution in [-0.4, -0.2) is 30.8 Å². The molecule has 0 saturated carbocycles. The van der Waals surface area contributed by atoms with Crippen molar-refractivity contribution in [3.05, 3.63) is 65.9 Å². The molecule has 1 saturated heterocycles. The Morgan fingerprint density at radius 2 is 1.62 bits per heavy atom. The van der Waals surface area contributed by atoms with Gasteiger partial charge in [-0.25, -0.2) is 14.4 Å². The summed E-state index contributed by atoms with van der Waals surface area (Å²) in [5, 5.41) is 2.84. The number of cyclic esters (lactones) is 2. The number of rotatable bonds is 5. The number of hydrogen-bond acceptors (Lipinski definition) is 8. The molecule has 0 amide bonds. The third-order valence-electron chi connectivity index (χ3n) is 3.87. The second kappa shape index (κ2) is 8.05. The van der Waals surface area contributed by atoms with Crippen molar-refractivity contribution in [2.75, 3.05) is 12.4 Å². The first-order valence-electron chi connectivity index (χ1n) is 8.68.